The minimum absolute atomic E-state index is 0.0802. The van der Waals surface area contributed by atoms with E-state index in [4.69, 9.17) is 0 Å². The highest BCUT2D eigenvalue weighted by atomic mass is 16.6. The van der Waals surface area contributed by atoms with Gasteiger partial charge in [0.15, 0.2) is 5.78 Å². The van der Waals surface area contributed by atoms with Crippen molar-refractivity contribution >= 4 is 23.1 Å². The van der Waals surface area contributed by atoms with Gasteiger partial charge in [0.1, 0.15) is 5.69 Å². The molecule has 1 aliphatic carbocycles. The zero-order valence-corrected chi connectivity index (χ0v) is 15.8. The van der Waals surface area contributed by atoms with Crippen LogP contribution in [0.4, 0.5) is 11.4 Å². The maximum Gasteiger partial charge on any atom is 0.293 e. The lowest BCUT2D eigenvalue weighted by Gasteiger charge is -2.35. The van der Waals surface area contributed by atoms with E-state index in [-0.39, 0.29) is 29.3 Å². The molecule has 1 aromatic carbocycles. The fourth-order valence-corrected chi connectivity index (χ4v) is 4.10. The molecule has 146 valence electrons. The quantitative estimate of drug-likeness (QED) is 0.482. The number of carbonyl (C=O) groups is 2. The predicted molar refractivity (Wildman–Crippen MR) is 103 cm³/mol. The molecule has 1 aromatic rings. The summed E-state index contributed by atoms with van der Waals surface area (Å²) in [5.74, 6) is 0.271. The van der Waals surface area contributed by atoms with E-state index < -0.39 is 4.92 Å². The SMILES string of the molecule is CC(=O)c1ccc(NC2CCN(C(=O)C3CCCCC3)CC2)c([N+](=O)[O-])c1. The van der Waals surface area contributed by atoms with E-state index in [1.165, 1.54) is 19.4 Å². The highest BCUT2D eigenvalue weighted by molar-refractivity contribution is 5.95. The Labute approximate surface area is 159 Å². The molecule has 0 unspecified atom stereocenters. The van der Waals surface area contributed by atoms with E-state index in [9.17, 15) is 19.7 Å². The Hall–Kier alpha value is -2.44. The van der Waals surface area contributed by atoms with Gasteiger partial charge in [0, 0.05) is 36.7 Å². The van der Waals surface area contributed by atoms with Gasteiger partial charge in [-0.2, -0.15) is 0 Å². The van der Waals surface area contributed by atoms with Crippen LogP contribution in [-0.2, 0) is 4.79 Å². The zero-order valence-electron chi connectivity index (χ0n) is 15.8. The van der Waals surface area contributed by atoms with Crippen LogP contribution >= 0.6 is 0 Å². The highest BCUT2D eigenvalue weighted by Crippen LogP contribution is 2.30. The van der Waals surface area contributed by atoms with Crippen molar-refractivity contribution in [1.29, 1.82) is 0 Å². The van der Waals surface area contributed by atoms with Gasteiger partial charge in [0.25, 0.3) is 5.69 Å². The fourth-order valence-electron chi connectivity index (χ4n) is 4.10. The Morgan fingerprint density at radius 2 is 1.78 bits per heavy atom. The molecule has 1 saturated carbocycles. The number of ketones is 1. The number of anilines is 1. The number of nitro groups is 1. The van der Waals surface area contributed by atoms with Crippen molar-refractivity contribution in [3.8, 4) is 0 Å². The molecule has 3 rings (SSSR count). The number of likely N-dealkylation sites (tertiary alicyclic amines) is 1. The molecule has 0 spiro atoms. The Bertz CT molecular complexity index is 720. The van der Waals surface area contributed by atoms with Crippen molar-refractivity contribution in [3.63, 3.8) is 0 Å². The molecular weight excluding hydrogens is 346 g/mol. The number of carbonyl (C=O) groups excluding carboxylic acids is 2. The van der Waals surface area contributed by atoms with E-state index in [2.05, 4.69) is 5.32 Å². The van der Waals surface area contributed by atoms with Gasteiger partial charge in [0.05, 0.1) is 4.92 Å². The van der Waals surface area contributed by atoms with Gasteiger partial charge in [0.2, 0.25) is 5.91 Å². The van der Waals surface area contributed by atoms with Crippen LogP contribution in [-0.4, -0.2) is 40.6 Å². The highest BCUT2D eigenvalue weighted by Gasteiger charge is 2.29. The van der Waals surface area contributed by atoms with Crippen LogP contribution in [0.15, 0.2) is 18.2 Å². The number of nitrogens with zero attached hydrogens (tertiary/aromatic N) is 2. The third-order valence-corrected chi connectivity index (χ3v) is 5.72. The first-order chi connectivity index (χ1) is 13.0. The number of hydrogen-bond donors (Lipinski definition) is 1. The molecule has 27 heavy (non-hydrogen) atoms. The maximum absolute atomic E-state index is 12.6. The zero-order chi connectivity index (χ0) is 19.4. The fraction of sp³-hybridized carbons (Fsp3) is 0.600. The molecule has 1 N–H and O–H groups in total. The van der Waals surface area contributed by atoms with Crippen LogP contribution in [0.1, 0.15) is 62.2 Å². The molecule has 7 heteroatoms. The number of rotatable bonds is 5. The molecule has 2 aliphatic rings. The number of piperidine rings is 1. The monoisotopic (exact) mass is 373 g/mol. The molecule has 1 aliphatic heterocycles. The lowest BCUT2D eigenvalue weighted by molar-refractivity contribution is -0.384. The van der Waals surface area contributed by atoms with Crippen molar-refractivity contribution in [2.24, 2.45) is 5.92 Å². The van der Waals surface area contributed by atoms with Gasteiger partial charge in [-0.25, -0.2) is 0 Å². The Morgan fingerprint density at radius 1 is 1.11 bits per heavy atom. The normalized spacial score (nSPS) is 18.9. The second-order valence-corrected chi connectivity index (χ2v) is 7.62. The van der Waals surface area contributed by atoms with E-state index in [0.29, 0.717) is 24.3 Å². The molecule has 0 radical (unpaired) electrons. The Morgan fingerprint density at radius 3 is 2.37 bits per heavy atom. The standard InChI is InChI=1S/C20H27N3O4/c1-14(24)16-7-8-18(19(13-16)23(26)27)21-17-9-11-22(12-10-17)20(25)15-5-3-2-4-6-15/h7-8,13,15,17,21H,2-6,9-12H2,1H3. The first kappa shape index (κ1) is 19.3. The largest absolute Gasteiger partial charge is 0.377 e. The molecule has 1 heterocycles. The average Bonchev–Trinajstić information content (AvgIpc) is 2.68. The number of hydrogen-bond acceptors (Lipinski definition) is 5. The lowest BCUT2D eigenvalue weighted by Crippen LogP contribution is -2.45. The molecule has 1 saturated heterocycles. The topological polar surface area (TPSA) is 92.6 Å². The average molecular weight is 373 g/mol. The summed E-state index contributed by atoms with van der Waals surface area (Å²) in [6.07, 6.45) is 7.07. The van der Waals surface area contributed by atoms with E-state index in [1.54, 1.807) is 12.1 Å². The van der Waals surface area contributed by atoms with Gasteiger partial charge < -0.3 is 10.2 Å². The molecule has 0 aromatic heterocycles. The van der Waals surface area contributed by atoms with Crippen LogP contribution in [0.5, 0.6) is 0 Å². The molecule has 1 amide bonds. The van der Waals surface area contributed by atoms with Gasteiger partial charge in [-0.15, -0.1) is 0 Å². The summed E-state index contributed by atoms with van der Waals surface area (Å²) in [6, 6.07) is 4.63. The van der Waals surface area contributed by atoms with Crippen molar-refractivity contribution in [2.75, 3.05) is 18.4 Å². The molecule has 7 nitrogen and oxygen atoms in total. The van der Waals surface area contributed by atoms with Crippen molar-refractivity contribution in [3.05, 3.63) is 33.9 Å². The molecule has 2 fully saturated rings. The van der Waals surface area contributed by atoms with E-state index >= 15 is 0 Å². The summed E-state index contributed by atoms with van der Waals surface area (Å²) in [7, 11) is 0. The number of benzene rings is 1. The first-order valence-electron chi connectivity index (χ1n) is 9.80. The summed E-state index contributed by atoms with van der Waals surface area (Å²) >= 11 is 0. The summed E-state index contributed by atoms with van der Waals surface area (Å²) in [5, 5.41) is 14.6. The van der Waals surface area contributed by atoms with Crippen molar-refractivity contribution in [2.45, 2.75) is 57.9 Å². The van der Waals surface area contributed by atoms with E-state index in [1.807, 2.05) is 4.90 Å². The van der Waals surface area contributed by atoms with Crippen LogP contribution in [0.3, 0.4) is 0 Å². The Balaban J connectivity index is 1.59. The minimum atomic E-state index is -0.462. The molecular formula is C20H27N3O4. The summed E-state index contributed by atoms with van der Waals surface area (Å²) < 4.78 is 0. The summed E-state index contributed by atoms with van der Waals surface area (Å²) in [6.45, 7) is 2.77. The van der Waals surface area contributed by atoms with Gasteiger partial charge in [-0.1, -0.05) is 19.3 Å². The second kappa shape index (κ2) is 8.50. The Kier molecular flexibility index (Phi) is 6.08. The number of amides is 1. The molecule has 0 bridgehead atoms. The number of nitro benzene ring substituents is 1. The number of Topliss-reactive ketones (excluding diaryl/α,β-unsaturated/α-hetero) is 1. The third-order valence-electron chi connectivity index (χ3n) is 5.72. The van der Waals surface area contributed by atoms with Crippen LogP contribution in [0.25, 0.3) is 0 Å². The van der Waals surface area contributed by atoms with Gasteiger partial charge in [-0.05, 0) is 44.7 Å². The van der Waals surface area contributed by atoms with Crippen molar-refractivity contribution in [1.82, 2.24) is 4.90 Å². The van der Waals surface area contributed by atoms with Crippen molar-refractivity contribution < 1.29 is 14.5 Å². The summed E-state index contributed by atoms with van der Waals surface area (Å²) in [5.41, 5.74) is 0.686. The minimum Gasteiger partial charge on any atom is -0.377 e. The van der Waals surface area contributed by atoms with Gasteiger partial charge in [-0.3, -0.25) is 19.7 Å². The smallest absolute Gasteiger partial charge is 0.293 e. The first-order valence-corrected chi connectivity index (χ1v) is 9.80. The maximum atomic E-state index is 12.6. The number of nitrogens with one attached hydrogen (secondary N) is 1. The second-order valence-electron chi connectivity index (χ2n) is 7.62. The van der Waals surface area contributed by atoms with Crippen LogP contribution in [0.2, 0.25) is 0 Å². The lowest BCUT2D eigenvalue weighted by atomic mass is 9.87. The van der Waals surface area contributed by atoms with E-state index in [0.717, 1.165) is 38.5 Å². The predicted octanol–water partition coefficient (Wildman–Crippen LogP) is 3.78. The summed E-state index contributed by atoms with van der Waals surface area (Å²) in [4.78, 5) is 37.0. The van der Waals surface area contributed by atoms with Crippen LogP contribution < -0.4 is 5.32 Å². The third kappa shape index (κ3) is 4.64. The van der Waals surface area contributed by atoms with Crippen LogP contribution in [0, 0.1) is 16.0 Å². The molecule has 0 atom stereocenters. The van der Waals surface area contributed by atoms with Gasteiger partial charge >= 0.3 is 0 Å².